The molecule has 2 unspecified atom stereocenters. The molecule has 0 aromatic carbocycles. The van der Waals surface area contributed by atoms with E-state index in [0.29, 0.717) is 12.5 Å². The first-order valence-corrected chi connectivity index (χ1v) is 7.10. The monoisotopic (exact) mass is 256 g/mol. The number of likely N-dealkylation sites (tertiary alicyclic amines) is 1. The molecule has 1 fully saturated rings. The molecule has 0 saturated carbocycles. The standard InChI is InChI=1S/C14H28N2O2/c1-11(2)13(10-18-4)15-12(3)14(17)16-8-6-5-7-9-16/h11-13,15H,5-10H2,1-4H3. The normalized spacial score (nSPS) is 19.9. The van der Waals surface area contributed by atoms with Gasteiger partial charge in [-0.25, -0.2) is 0 Å². The van der Waals surface area contributed by atoms with Gasteiger partial charge in [0.15, 0.2) is 0 Å². The number of piperidine rings is 1. The van der Waals surface area contributed by atoms with E-state index < -0.39 is 0 Å². The van der Waals surface area contributed by atoms with Crippen LogP contribution in [-0.2, 0) is 9.53 Å². The Hall–Kier alpha value is -0.610. The predicted octanol–water partition coefficient (Wildman–Crippen LogP) is 1.65. The molecule has 1 aliphatic rings. The minimum atomic E-state index is -0.120. The highest BCUT2D eigenvalue weighted by Gasteiger charge is 2.25. The smallest absolute Gasteiger partial charge is 0.239 e. The van der Waals surface area contributed by atoms with E-state index in [9.17, 15) is 4.79 Å². The van der Waals surface area contributed by atoms with E-state index in [-0.39, 0.29) is 18.0 Å². The number of methoxy groups -OCH3 is 1. The predicted molar refractivity (Wildman–Crippen MR) is 73.5 cm³/mol. The molecule has 1 aliphatic heterocycles. The van der Waals surface area contributed by atoms with Crippen LogP contribution in [0.2, 0.25) is 0 Å². The molecule has 1 heterocycles. The Morgan fingerprint density at radius 1 is 1.22 bits per heavy atom. The van der Waals surface area contributed by atoms with Crippen molar-refractivity contribution in [2.24, 2.45) is 5.92 Å². The van der Waals surface area contributed by atoms with Gasteiger partial charge in [-0.2, -0.15) is 0 Å². The van der Waals surface area contributed by atoms with Crippen molar-refractivity contribution >= 4 is 5.91 Å². The first-order chi connectivity index (χ1) is 8.56. The molecular weight excluding hydrogens is 228 g/mol. The second kappa shape index (κ2) is 7.74. The van der Waals surface area contributed by atoms with Crippen LogP contribution in [0.15, 0.2) is 0 Å². The highest BCUT2D eigenvalue weighted by Crippen LogP contribution is 2.11. The fourth-order valence-electron chi connectivity index (χ4n) is 2.39. The molecule has 1 N–H and O–H groups in total. The summed E-state index contributed by atoms with van der Waals surface area (Å²) >= 11 is 0. The minimum Gasteiger partial charge on any atom is -0.383 e. The molecule has 2 atom stereocenters. The van der Waals surface area contributed by atoms with Gasteiger partial charge in [-0.05, 0) is 32.1 Å². The molecular formula is C14H28N2O2. The zero-order chi connectivity index (χ0) is 13.5. The third kappa shape index (κ3) is 4.58. The minimum absolute atomic E-state index is 0.120. The molecule has 106 valence electrons. The number of carbonyl (C=O) groups excluding carboxylic acids is 1. The second-order valence-corrected chi connectivity index (χ2v) is 5.58. The average molecular weight is 256 g/mol. The van der Waals surface area contributed by atoms with E-state index in [1.165, 1.54) is 6.42 Å². The third-order valence-corrected chi connectivity index (χ3v) is 3.65. The SMILES string of the molecule is COCC(NC(C)C(=O)N1CCCCC1)C(C)C. The highest BCUT2D eigenvalue weighted by atomic mass is 16.5. The van der Waals surface area contributed by atoms with Crippen LogP contribution in [0.4, 0.5) is 0 Å². The number of amides is 1. The number of hydrogen-bond acceptors (Lipinski definition) is 3. The second-order valence-electron chi connectivity index (χ2n) is 5.58. The maximum Gasteiger partial charge on any atom is 0.239 e. The third-order valence-electron chi connectivity index (χ3n) is 3.65. The summed E-state index contributed by atoms with van der Waals surface area (Å²) in [6.45, 7) is 8.74. The summed E-state index contributed by atoms with van der Waals surface area (Å²) in [4.78, 5) is 14.3. The Labute approximate surface area is 111 Å². The van der Waals surface area contributed by atoms with Gasteiger partial charge in [0.1, 0.15) is 0 Å². The van der Waals surface area contributed by atoms with Crippen LogP contribution in [0.5, 0.6) is 0 Å². The van der Waals surface area contributed by atoms with Crippen molar-refractivity contribution in [1.29, 1.82) is 0 Å². The molecule has 1 rings (SSSR count). The lowest BCUT2D eigenvalue weighted by Gasteiger charge is -2.32. The van der Waals surface area contributed by atoms with Gasteiger partial charge < -0.3 is 15.0 Å². The lowest BCUT2D eigenvalue weighted by Crippen LogP contribution is -2.52. The summed E-state index contributed by atoms with van der Waals surface area (Å²) in [5.41, 5.74) is 0. The Morgan fingerprint density at radius 2 is 1.83 bits per heavy atom. The van der Waals surface area contributed by atoms with Crippen LogP contribution in [-0.4, -0.2) is 49.7 Å². The van der Waals surface area contributed by atoms with E-state index in [0.717, 1.165) is 25.9 Å². The molecule has 0 aromatic heterocycles. The summed E-state index contributed by atoms with van der Waals surface area (Å²) in [7, 11) is 1.70. The number of nitrogens with one attached hydrogen (secondary N) is 1. The summed E-state index contributed by atoms with van der Waals surface area (Å²) in [6.07, 6.45) is 3.54. The zero-order valence-electron chi connectivity index (χ0n) is 12.2. The van der Waals surface area contributed by atoms with Crippen molar-refractivity contribution in [1.82, 2.24) is 10.2 Å². The molecule has 0 bridgehead atoms. The largest absolute Gasteiger partial charge is 0.383 e. The first kappa shape index (κ1) is 15.4. The van der Waals surface area contributed by atoms with Crippen LogP contribution in [0.1, 0.15) is 40.0 Å². The maximum absolute atomic E-state index is 12.3. The Balaban J connectivity index is 2.46. The zero-order valence-corrected chi connectivity index (χ0v) is 12.2. The van der Waals surface area contributed by atoms with Crippen LogP contribution in [0.25, 0.3) is 0 Å². The fraction of sp³-hybridized carbons (Fsp3) is 0.929. The molecule has 0 radical (unpaired) electrons. The summed E-state index contributed by atoms with van der Waals surface area (Å²) < 4.78 is 5.20. The summed E-state index contributed by atoms with van der Waals surface area (Å²) in [5, 5.41) is 3.40. The van der Waals surface area contributed by atoms with Crippen LogP contribution in [0, 0.1) is 5.92 Å². The Bertz CT molecular complexity index is 250. The van der Waals surface area contributed by atoms with Crippen LogP contribution in [0.3, 0.4) is 0 Å². The topological polar surface area (TPSA) is 41.6 Å². The van der Waals surface area contributed by atoms with Gasteiger partial charge in [-0.1, -0.05) is 13.8 Å². The molecule has 1 amide bonds. The van der Waals surface area contributed by atoms with Gasteiger partial charge >= 0.3 is 0 Å². The average Bonchev–Trinajstić information content (AvgIpc) is 2.38. The van der Waals surface area contributed by atoms with Crippen molar-refractivity contribution in [2.75, 3.05) is 26.8 Å². The van der Waals surface area contributed by atoms with Crippen LogP contribution >= 0.6 is 0 Å². The van der Waals surface area contributed by atoms with Crippen molar-refractivity contribution in [3.05, 3.63) is 0 Å². The van der Waals surface area contributed by atoms with E-state index >= 15 is 0 Å². The highest BCUT2D eigenvalue weighted by molar-refractivity contribution is 5.81. The number of hydrogen-bond donors (Lipinski definition) is 1. The van der Waals surface area contributed by atoms with E-state index in [1.54, 1.807) is 7.11 Å². The molecule has 0 aromatic rings. The number of rotatable bonds is 6. The van der Waals surface area contributed by atoms with Gasteiger partial charge in [0.05, 0.1) is 12.6 Å². The lowest BCUT2D eigenvalue weighted by molar-refractivity contribution is -0.134. The van der Waals surface area contributed by atoms with E-state index in [4.69, 9.17) is 4.74 Å². The molecule has 18 heavy (non-hydrogen) atoms. The Kier molecular flexibility index (Phi) is 6.65. The molecule has 1 saturated heterocycles. The van der Waals surface area contributed by atoms with Crippen molar-refractivity contribution in [2.45, 2.75) is 52.1 Å². The maximum atomic E-state index is 12.3. The lowest BCUT2D eigenvalue weighted by atomic mass is 10.0. The number of carbonyl (C=O) groups is 1. The van der Waals surface area contributed by atoms with Crippen molar-refractivity contribution in [3.63, 3.8) is 0 Å². The van der Waals surface area contributed by atoms with Gasteiger partial charge in [-0.15, -0.1) is 0 Å². The Morgan fingerprint density at radius 3 is 2.33 bits per heavy atom. The van der Waals surface area contributed by atoms with Gasteiger partial charge in [0, 0.05) is 26.2 Å². The first-order valence-electron chi connectivity index (χ1n) is 7.10. The molecule has 0 aliphatic carbocycles. The van der Waals surface area contributed by atoms with E-state index in [2.05, 4.69) is 19.2 Å². The fourth-order valence-corrected chi connectivity index (χ4v) is 2.39. The van der Waals surface area contributed by atoms with Crippen molar-refractivity contribution < 1.29 is 9.53 Å². The van der Waals surface area contributed by atoms with Crippen molar-refractivity contribution in [3.8, 4) is 0 Å². The summed E-state index contributed by atoms with van der Waals surface area (Å²) in [5.74, 6) is 0.693. The number of nitrogens with zero attached hydrogens (tertiary/aromatic N) is 1. The van der Waals surface area contributed by atoms with Gasteiger partial charge in [0.2, 0.25) is 5.91 Å². The molecule has 0 spiro atoms. The summed E-state index contributed by atoms with van der Waals surface area (Å²) in [6, 6.07) is 0.115. The molecule has 4 nitrogen and oxygen atoms in total. The number of ether oxygens (including phenoxy) is 1. The molecule has 4 heteroatoms. The van der Waals surface area contributed by atoms with Gasteiger partial charge in [0.25, 0.3) is 0 Å². The quantitative estimate of drug-likeness (QED) is 0.785. The van der Waals surface area contributed by atoms with Crippen LogP contribution < -0.4 is 5.32 Å². The van der Waals surface area contributed by atoms with E-state index in [1.807, 2.05) is 11.8 Å². The van der Waals surface area contributed by atoms with Gasteiger partial charge in [-0.3, -0.25) is 4.79 Å².